The van der Waals surface area contributed by atoms with Crippen molar-refractivity contribution in [3.05, 3.63) is 93.9 Å². The summed E-state index contributed by atoms with van der Waals surface area (Å²) in [6, 6.07) is 22.0. The maximum Gasteiger partial charge on any atom is 0.243 e. The van der Waals surface area contributed by atoms with Crippen molar-refractivity contribution in [3.8, 4) is 0 Å². The van der Waals surface area contributed by atoms with Crippen molar-refractivity contribution in [2.45, 2.75) is 11.4 Å². The summed E-state index contributed by atoms with van der Waals surface area (Å²) in [5.41, 5.74) is 1.27. The normalized spacial score (nSPS) is 11.4. The Morgan fingerprint density at radius 2 is 1.66 bits per heavy atom. The Kier molecular flexibility index (Phi) is 7.08. The summed E-state index contributed by atoms with van der Waals surface area (Å²) in [5, 5.41) is 3.17. The fourth-order valence-corrected chi connectivity index (χ4v) is 4.55. The second-order valence-electron chi connectivity index (χ2n) is 6.27. The van der Waals surface area contributed by atoms with Crippen molar-refractivity contribution in [3.63, 3.8) is 0 Å². The highest BCUT2D eigenvalue weighted by Crippen LogP contribution is 2.20. The van der Waals surface area contributed by atoms with Crippen molar-refractivity contribution >= 4 is 49.1 Å². The van der Waals surface area contributed by atoms with Crippen LogP contribution in [0.1, 0.15) is 5.56 Å². The molecule has 0 saturated carbocycles. The average Bonchev–Trinajstić information content (AvgIpc) is 2.70. The summed E-state index contributed by atoms with van der Waals surface area (Å²) >= 11 is 9.31. The number of carbonyl (C=O) groups excluding carboxylic acids is 1. The van der Waals surface area contributed by atoms with Gasteiger partial charge in [0.2, 0.25) is 15.9 Å². The van der Waals surface area contributed by atoms with Crippen LogP contribution in [0.3, 0.4) is 0 Å². The lowest BCUT2D eigenvalue weighted by Gasteiger charge is -2.22. The highest BCUT2D eigenvalue weighted by Gasteiger charge is 2.26. The molecule has 0 atom stereocenters. The molecule has 0 aliphatic carbocycles. The van der Waals surface area contributed by atoms with Crippen molar-refractivity contribution in [1.82, 2.24) is 4.31 Å². The van der Waals surface area contributed by atoms with Gasteiger partial charge in [-0.15, -0.1) is 0 Å². The zero-order valence-electron chi connectivity index (χ0n) is 15.3. The Hall–Kier alpha value is -2.19. The van der Waals surface area contributed by atoms with Gasteiger partial charge in [0.25, 0.3) is 0 Å². The molecule has 5 nitrogen and oxygen atoms in total. The monoisotopic (exact) mass is 492 g/mol. The van der Waals surface area contributed by atoms with Gasteiger partial charge in [0.1, 0.15) is 0 Å². The highest BCUT2D eigenvalue weighted by molar-refractivity contribution is 9.10. The van der Waals surface area contributed by atoms with Crippen molar-refractivity contribution in [1.29, 1.82) is 0 Å². The van der Waals surface area contributed by atoms with Gasteiger partial charge in [0.15, 0.2) is 0 Å². The van der Waals surface area contributed by atoms with E-state index in [0.29, 0.717) is 10.7 Å². The van der Waals surface area contributed by atoms with Crippen LogP contribution in [0.15, 0.2) is 88.2 Å². The van der Waals surface area contributed by atoms with E-state index in [-0.39, 0.29) is 18.0 Å². The maximum absolute atomic E-state index is 13.2. The van der Waals surface area contributed by atoms with Crippen LogP contribution >= 0.6 is 27.5 Å². The Balaban J connectivity index is 1.85. The molecule has 0 bridgehead atoms. The highest BCUT2D eigenvalue weighted by atomic mass is 79.9. The molecule has 0 aliphatic heterocycles. The van der Waals surface area contributed by atoms with Gasteiger partial charge in [-0.2, -0.15) is 4.31 Å². The molecular formula is C21H18BrClN2O3S. The summed E-state index contributed by atoms with van der Waals surface area (Å²) in [4.78, 5) is 12.7. The molecule has 3 aromatic rings. The number of halogens is 2. The number of nitrogens with zero attached hydrogens (tertiary/aromatic N) is 1. The number of benzene rings is 3. The lowest BCUT2D eigenvalue weighted by molar-refractivity contribution is -0.116. The second kappa shape index (κ2) is 9.54. The number of anilines is 1. The fraction of sp³-hybridized carbons (Fsp3) is 0.0952. The second-order valence-corrected chi connectivity index (χ2v) is 9.56. The zero-order valence-corrected chi connectivity index (χ0v) is 18.4. The van der Waals surface area contributed by atoms with Crippen LogP contribution in [0, 0.1) is 0 Å². The first-order valence-electron chi connectivity index (χ1n) is 8.70. The number of nitrogens with one attached hydrogen (secondary N) is 1. The standard InChI is InChI=1S/C21H18BrClN2O3S/c22-17-11-9-16(10-12-17)14-25(29(27,28)20-7-2-1-3-8-20)15-21(26)24-19-6-4-5-18(23)13-19/h1-13H,14-15H2,(H,24,26). The summed E-state index contributed by atoms with van der Waals surface area (Å²) in [6.07, 6.45) is 0. The molecular weight excluding hydrogens is 476 g/mol. The van der Waals surface area contributed by atoms with Crippen molar-refractivity contribution in [2.24, 2.45) is 0 Å². The van der Waals surface area contributed by atoms with Crippen molar-refractivity contribution in [2.75, 3.05) is 11.9 Å². The number of sulfonamides is 1. The van der Waals surface area contributed by atoms with Gasteiger partial charge in [-0.25, -0.2) is 8.42 Å². The molecule has 0 spiro atoms. The first-order chi connectivity index (χ1) is 13.8. The minimum atomic E-state index is -3.87. The predicted molar refractivity (Wildman–Crippen MR) is 118 cm³/mol. The van der Waals surface area contributed by atoms with E-state index >= 15 is 0 Å². The van der Waals surface area contributed by atoms with Gasteiger partial charge in [-0.1, -0.05) is 63.9 Å². The molecule has 1 N–H and O–H groups in total. The van der Waals surface area contributed by atoms with E-state index in [1.807, 2.05) is 24.3 Å². The third kappa shape index (κ3) is 5.90. The van der Waals surface area contributed by atoms with E-state index in [2.05, 4.69) is 21.2 Å². The largest absolute Gasteiger partial charge is 0.325 e. The van der Waals surface area contributed by atoms with Crippen LogP contribution in [0.5, 0.6) is 0 Å². The van der Waals surface area contributed by atoms with Gasteiger partial charge in [-0.3, -0.25) is 4.79 Å². The van der Waals surface area contributed by atoms with Crippen LogP contribution in [0.4, 0.5) is 5.69 Å². The van der Waals surface area contributed by atoms with E-state index in [1.165, 1.54) is 12.1 Å². The topological polar surface area (TPSA) is 66.5 Å². The number of amides is 1. The van der Waals surface area contributed by atoms with E-state index < -0.39 is 15.9 Å². The third-order valence-corrected chi connectivity index (χ3v) is 6.65. The molecule has 0 unspecified atom stereocenters. The molecule has 1 amide bonds. The van der Waals surface area contributed by atoms with E-state index in [9.17, 15) is 13.2 Å². The molecule has 0 heterocycles. The smallest absolute Gasteiger partial charge is 0.243 e. The van der Waals surface area contributed by atoms with Crippen molar-refractivity contribution < 1.29 is 13.2 Å². The van der Waals surface area contributed by atoms with Gasteiger partial charge in [0.05, 0.1) is 11.4 Å². The van der Waals surface area contributed by atoms with Gasteiger partial charge >= 0.3 is 0 Å². The number of rotatable bonds is 7. The molecule has 0 aliphatic rings. The average molecular weight is 494 g/mol. The van der Waals surface area contributed by atoms with E-state index in [1.54, 1.807) is 42.5 Å². The van der Waals surface area contributed by atoms with E-state index in [4.69, 9.17) is 11.6 Å². The van der Waals surface area contributed by atoms with Gasteiger partial charge in [-0.05, 0) is 48.0 Å². The number of hydrogen-bond donors (Lipinski definition) is 1. The SMILES string of the molecule is O=C(CN(Cc1ccc(Br)cc1)S(=O)(=O)c1ccccc1)Nc1cccc(Cl)c1. The Bertz CT molecular complexity index is 1090. The first-order valence-corrected chi connectivity index (χ1v) is 11.3. The molecule has 150 valence electrons. The van der Waals surface area contributed by atoms with Crippen LogP contribution in [0.25, 0.3) is 0 Å². The Morgan fingerprint density at radius 3 is 2.31 bits per heavy atom. The summed E-state index contributed by atoms with van der Waals surface area (Å²) in [6.45, 7) is -0.271. The summed E-state index contributed by atoms with van der Waals surface area (Å²) < 4.78 is 28.4. The minimum absolute atomic E-state index is 0.0630. The van der Waals surface area contributed by atoms with Crippen LogP contribution in [0.2, 0.25) is 5.02 Å². The number of hydrogen-bond acceptors (Lipinski definition) is 3. The van der Waals surface area contributed by atoms with Crippen LogP contribution < -0.4 is 5.32 Å². The molecule has 0 radical (unpaired) electrons. The molecule has 0 fully saturated rings. The van der Waals surface area contributed by atoms with Gasteiger partial charge in [0, 0.05) is 21.7 Å². The van der Waals surface area contributed by atoms with E-state index in [0.717, 1.165) is 14.3 Å². The van der Waals surface area contributed by atoms with Crippen LogP contribution in [-0.2, 0) is 21.4 Å². The molecule has 3 rings (SSSR count). The van der Waals surface area contributed by atoms with Gasteiger partial charge < -0.3 is 5.32 Å². The van der Waals surface area contributed by atoms with Crippen LogP contribution in [-0.4, -0.2) is 25.2 Å². The number of carbonyl (C=O) groups is 1. The minimum Gasteiger partial charge on any atom is -0.325 e. The fourth-order valence-electron chi connectivity index (χ4n) is 2.69. The molecule has 29 heavy (non-hydrogen) atoms. The Morgan fingerprint density at radius 1 is 0.966 bits per heavy atom. The summed E-state index contributed by atoms with van der Waals surface area (Å²) in [7, 11) is -3.87. The molecule has 0 aromatic heterocycles. The lowest BCUT2D eigenvalue weighted by Crippen LogP contribution is -2.37. The molecule has 8 heteroatoms. The first kappa shape index (κ1) is 21.5. The molecule has 0 saturated heterocycles. The predicted octanol–water partition coefficient (Wildman–Crippen LogP) is 4.93. The zero-order chi connectivity index (χ0) is 20.9. The third-order valence-electron chi connectivity index (χ3n) is 4.08. The quantitative estimate of drug-likeness (QED) is 0.507. The maximum atomic E-state index is 13.2. The molecule has 3 aromatic carbocycles. The Labute approximate surface area is 183 Å². The summed E-state index contributed by atoms with van der Waals surface area (Å²) in [5.74, 6) is -0.455. The lowest BCUT2D eigenvalue weighted by atomic mass is 10.2.